The van der Waals surface area contributed by atoms with Crippen molar-refractivity contribution in [3.8, 4) is 0 Å². The van der Waals surface area contributed by atoms with Gasteiger partial charge in [-0.25, -0.2) is 4.39 Å². The number of hydrogen-bond acceptors (Lipinski definition) is 2. The molecule has 1 rings (SSSR count). The third kappa shape index (κ3) is 5.50. The molecule has 3 heteroatoms. The van der Waals surface area contributed by atoms with Gasteiger partial charge in [-0.2, -0.15) is 0 Å². The monoisotopic (exact) mass is 210 g/mol. The van der Waals surface area contributed by atoms with Crippen LogP contribution in [-0.4, -0.2) is 18.6 Å². The van der Waals surface area contributed by atoms with Gasteiger partial charge in [-0.15, -0.1) is 0 Å². The minimum absolute atomic E-state index is 0.178. The third-order valence-electron chi connectivity index (χ3n) is 2.08. The predicted molar refractivity (Wildman–Crippen MR) is 61.2 cm³/mol. The quantitative estimate of drug-likeness (QED) is 0.726. The normalized spacial score (nSPS) is 11.7. The van der Waals surface area contributed by atoms with E-state index in [0.29, 0.717) is 0 Å². The molecule has 0 saturated carbocycles. The smallest absolute Gasteiger partial charge is 0.123 e. The summed E-state index contributed by atoms with van der Waals surface area (Å²) >= 11 is 0. The van der Waals surface area contributed by atoms with Crippen molar-refractivity contribution in [2.75, 3.05) is 13.1 Å². The molecule has 84 valence electrons. The fraction of sp³-hybridized carbons (Fsp3) is 0.500. The first-order valence-corrected chi connectivity index (χ1v) is 5.21. The zero-order valence-electron chi connectivity index (χ0n) is 9.39. The second kappa shape index (κ2) is 5.24. The zero-order valence-corrected chi connectivity index (χ0v) is 9.39. The van der Waals surface area contributed by atoms with Crippen molar-refractivity contribution in [1.82, 2.24) is 5.32 Å². The predicted octanol–water partition coefficient (Wildman–Crippen LogP) is 1.70. The topological polar surface area (TPSA) is 38.0 Å². The van der Waals surface area contributed by atoms with E-state index < -0.39 is 0 Å². The lowest BCUT2D eigenvalue weighted by atomic mass is 10.1. The maximum absolute atomic E-state index is 12.6. The molecular weight excluding hydrogens is 191 g/mol. The number of nitrogens with one attached hydrogen (secondary N) is 1. The maximum Gasteiger partial charge on any atom is 0.123 e. The van der Waals surface area contributed by atoms with Gasteiger partial charge in [0.05, 0.1) is 0 Å². The van der Waals surface area contributed by atoms with E-state index in [4.69, 9.17) is 5.73 Å². The highest BCUT2D eigenvalue weighted by Crippen LogP contribution is 2.02. The Balaban J connectivity index is 2.23. The van der Waals surface area contributed by atoms with Crippen LogP contribution in [0.1, 0.15) is 19.4 Å². The Kier molecular flexibility index (Phi) is 4.24. The lowest BCUT2D eigenvalue weighted by molar-refractivity contribution is 0.469. The number of rotatable bonds is 5. The molecule has 0 saturated heterocycles. The molecule has 1 aromatic carbocycles. The van der Waals surface area contributed by atoms with E-state index in [-0.39, 0.29) is 11.4 Å². The average molecular weight is 210 g/mol. The van der Waals surface area contributed by atoms with Gasteiger partial charge in [0.25, 0.3) is 0 Å². The summed E-state index contributed by atoms with van der Waals surface area (Å²) in [5.41, 5.74) is 6.78. The zero-order chi connectivity index (χ0) is 11.3. The van der Waals surface area contributed by atoms with E-state index in [0.717, 1.165) is 25.1 Å². The maximum atomic E-state index is 12.6. The fourth-order valence-electron chi connectivity index (χ4n) is 1.29. The van der Waals surface area contributed by atoms with Gasteiger partial charge in [0.2, 0.25) is 0 Å². The number of nitrogens with two attached hydrogens (primary N) is 1. The molecule has 0 aliphatic carbocycles. The van der Waals surface area contributed by atoms with Gasteiger partial charge in [-0.05, 0) is 44.5 Å². The summed E-state index contributed by atoms with van der Waals surface area (Å²) in [5, 5.41) is 3.27. The molecule has 0 aliphatic rings. The van der Waals surface area contributed by atoms with Crippen LogP contribution in [0.15, 0.2) is 24.3 Å². The minimum Gasteiger partial charge on any atom is -0.324 e. The van der Waals surface area contributed by atoms with Crippen LogP contribution in [0.5, 0.6) is 0 Å². The molecule has 0 bridgehead atoms. The summed E-state index contributed by atoms with van der Waals surface area (Å²) in [6.45, 7) is 5.62. The number of halogens is 1. The largest absolute Gasteiger partial charge is 0.324 e. The van der Waals surface area contributed by atoms with Gasteiger partial charge in [0.1, 0.15) is 5.82 Å². The molecule has 1 aromatic rings. The van der Waals surface area contributed by atoms with Gasteiger partial charge in [-0.1, -0.05) is 12.1 Å². The van der Waals surface area contributed by atoms with Crippen LogP contribution < -0.4 is 11.1 Å². The molecule has 0 aliphatic heterocycles. The van der Waals surface area contributed by atoms with E-state index in [1.807, 2.05) is 26.0 Å². The molecule has 0 heterocycles. The molecule has 0 radical (unpaired) electrons. The standard InChI is InChI=1S/C12H19FN2/c1-12(2,14)9-15-8-7-10-3-5-11(13)6-4-10/h3-6,15H,7-9,14H2,1-2H3. The summed E-state index contributed by atoms with van der Waals surface area (Å²) in [4.78, 5) is 0. The fourth-order valence-corrected chi connectivity index (χ4v) is 1.29. The summed E-state index contributed by atoms with van der Waals surface area (Å²) in [7, 11) is 0. The van der Waals surface area contributed by atoms with Crippen LogP contribution in [0, 0.1) is 5.82 Å². The molecule has 3 N–H and O–H groups in total. The molecule has 0 atom stereocenters. The second-order valence-electron chi connectivity index (χ2n) is 4.54. The Morgan fingerprint density at radius 2 is 1.87 bits per heavy atom. The van der Waals surface area contributed by atoms with Crippen molar-refractivity contribution < 1.29 is 4.39 Å². The Morgan fingerprint density at radius 3 is 2.40 bits per heavy atom. The highest BCUT2D eigenvalue weighted by atomic mass is 19.1. The lowest BCUT2D eigenvalue weighted by Crippen LogP contribution is -2.43. The molecule has 2 nitrogen and oxygen atoms in total. The summed E-state index contributed by atoms with van der Waals surface area (Å²) in [6.07, 6.45) is 0.899. The van der Waals surface area contributed by atoms with Gasteiger partial charge in [-0.3, -0.25) is 0 Å². The van der Waals surface area contributed by atoms with Crippen molar-refractivity contribution in [2.24, 2.45) is 5.73 Å². The van der Waals surface area contributed by atoms with E-state index >= 15 is 0 Å². The van der Waals surface area contributed by atoms with Gasteiger partial charge in [0, 0.05) is 12.1 Å². The van der Waals surface area contributed by atoms with Crippen molar-refractivity contribution in [2.45, 2.75) is 25.8 Å². The first-order chi connectivity index (χ1) is 6.97. The molecule has 0 amide bonds. The highest BCUT2D eigenvalue weighted by molar-refractivity contribution is 5.16. The Labute approximate surface area is 90.7 Å². The Bertz CT molecular complexity index is 287. The Morgan fingerprint density at radius 1 is 1.27 bits per heavy atom. The lowest BCUT2D eigenvalue weighted by Gasteiger charge is -2.18. The van der Waals surface area contributed by atoms with E-state index in [2.05, 4.69) is 5.32 Å². The van der Waals surface area contributed by atoms with E-state index in [9.17, 15) is 4.39 Å². The second-order valence-corrected chi connectivity index (χ2v) is 4.54. The average Bonchev–Trinajstić information content (AvgIpc) is 2.14. The first kappa shape index (κ1) is 12.1. The summed E-state index contributed by atoms with van der Waals surface area (Å²) in [6, 6.07) is 6.60. The van der Waals surface area contributed by atoms with Crippen molar-refractivity contribution in [3.63, 3.8) is 0 Å². The SMILES string of the molecule is CC(C)(N)CNCCc1ccc(F)cc1. The van der Waals surface area contributed by atoms with Crippen molar-refractivity contribution >= 4 is 0 Å². The van der Waals surface area contributed by atoms with Crippen LogP contribution in [0.3, 0.4) is 0 Å². The van der Waals surface area contributed by atoms with Gasteiger partial charge in [0.15, 0.2) is 0 Å². The van der Waals surface area contributed by atoms with Gasteiger partial charge >= 0.3 is 0 Å². The number of hydrogen-bond donors (Lipinski definition) is 2. The van der Waals surface area contributed by atoms with E-state index in [1.165, 1.54) is 12.1 Å². The first-order valence-electron chi connectivity index (χ1n) is 5.21. The third-order valence-corrected chi connectivity index (χ3v) is 2.08. The molecule has 15 heavy (non-hydrogen) atoms. The minimum atomic E-state index is -0.185. The van der Waals surface area contributed by atoms with Crippen molar-refractivity contribution in [3.05, 3.63) is 35.6 Å². The summed E-state index contributed by atoms with van der Waals surface area (Å²) in [5.74, 6) is -0.185. The van der Waals surface area contributed by atoms with Crippen molar-refractivity contribution in [1.29, 1.82) is 0 Å². The molecule has 0 fully saturated rings. The van der Waals surface area contributed by atoms with Gasteiger partial charge < -0.3 is 11.1 Å². The van der Waals surface area contributed by atoms with Crippen LogP contribution in [0.2, 0.25) is 0 Å². The Hall–Kier alpha value is -0.930. The highest BCUT2D eigenvalue weighted by Gasteiger charge is 2.08. The molecule has 0 unspecified atom stereocenters. The molecule has 0 spiro atoms. The molecule has 0 aromatic heterocycles. The van der Waals surface area contributed by atoms with Crippen LogP contribution in [0.4, 0.5) is 4.39 Å². The van der Waals surface area contributed by atoms with E-state index in [1.54, 1.807) is 0 Å². The van der Waals surface area contributed by atoms with Crippen LogP contribution in [0.25, 0.3) is 0 Å². The van der Waals surface area contributed by atoms with Crippen LogP contribution in [-0.2, 0) is 6.42 Å². The summed E-state index contributed by atoms with van der Waals surface area (Å²) < 4.78 is 12.6. The molecular formula is C12H19FN2. The number of benzene rings is 1. The van der Waals surface area contributed by atoms with Crippen LogP contribution >= 0.6 is 0 Å².